The van der Waals surface area contributed by atoms with Crippen molar-refractivity contribution in [2.45, 2.75) is 52.1 Å². The molecule has 1 N–H and O–H groups in total. The van der Waals surface area contributed by atoms with Crippen LogP contribution in [0.1, 0.15) is 46.1 Å². The maximum Gasteiger partial charge on any atom is 0.347 e. The highest BCUT2D eigenvalue weighted by Gasteiger charge is 2.72. The van der Waals surface area contributed by atoms with Gasteiger partial charge < -0.3 is 0 Å². The highest BCUT2D eigenvalue weighted by atomic mass is 32.2. The first-order valence-electron chi connectivity index (χ1n) is 9.48. The number of H-pyrrole nitrogens is 1. The Morgan fingerprint density at radius 3 is 2.50 bits per heavy atom. The van der Waals surface area contributed by atoms with Crippen LogP contribution < -0.4 is 11.4 Å². The molecule has 3 fully saturated rings. The number of rotatable bonds is 3. The number of aromatic nitrogens is 3. The first-order valence-corrected chi connectivity index (χ1v) is 11.1. The van der Waals surface area contributed by atoms with E-state index in [0.717, 1.165) is 26.4 Å². The molecule has 1 aliphatic heterocycles. The molecule has 28 heavy (non-hydrogen) atoms. The van der Waals surface area contributed by atoms with E-state index in [1.54, 1.807) is 6.92 Å². The molecule has 2 heterocycles. The number of nitrogens with zero attached hydrogens (tertiary/aromatic N) is 3. The van der Waals surface area contributed by atoms with Crippen LogP contribution in [0.15, 0.2) is 21.7 Å². The molecular weight excluding hydrogens is 384 g/mol. The number of carbonyl (C=O) groups is 1. The number of carbonyl (C=O) groups excluding carboxylic acids is 1. The Balaban J connectivity index is 1.70. The van der Waals surface area contributed by atoms with E-state index in [-0.39, 0.29) is 22.8 Å². The first kappa shape index (κ1) is 19.2. The number of sulfonamides is 1. The molecule has 1 aromatic heterocycles. The second-order valence-corrected chi connectivity index (χ2v) is 10.9. The predicted molar refractivity (Wildman–Crippen MR) is 102 cm³/mol. The summed E-state index contributed by atoms with van der Waals surface area (Å²) >= 11 is 0. The Bertz CT molecular complexity index is 1110. The number of fused-ring (bicyclic) bond motifs is 1. The van der Waals surface area contributed by atoms with Crippen LogP contribution in [0.25, 0.3) is 0 Å². The molecule has 2 saturated carbocycles. The first-order chi connectivity index (χ1) is 12.8. The summed E-state index contributed by atoms with van der Waals surface area (Å²) in [6.45, 7) is 9.55. The van der Waals surface area contributed by atoms with Gasteiger partial charge in [-0.2, -0.15) is 0 Å². The molecule has 2 aliphatic carbocycles. The Hall–Kier alpha value is -2.10. The number of nitrogens with one attached hydrogen (secondary N) is 1. The van der Waals surface area contributed by atoms with Gasteiger partial charge >= 0.3 is 11.4 Å². The average molecular weight is 410 g/mol. The predicted octanol–water partition coefficient (Wildman–Crippen LogP) is 0.359. The normalized spacial score (nSPS) is 33.1. The third kappa shape index (κ3) is 2.12. The Kier molecular flexibility index (Phi) is 3.77. The van der Waals surface area contributed by atoms with E-state index >= 15 is 0 Å². The molecule has 3 aliphatic rings. The van der Waals surface area contributed by atoms with Gasteiger partial charge in [0, 0.05) is 18.0 Å². The van der Waals surface area contributed by atoms with Crippen LogP contribution in [0.2, 0.25) is 0 Å². The van der Waals surface area contributed by atoms with Crippen LogP contribution in [0.3, 0.4) is 0 Å². The second-order valence-electron chi connectivity index (χ2n) is 9.05. The van der Waals surface area contributed by atoms with Gasteiger partial charge in [-0.05, 0) is 37.5 Å². The van der Waals surface area contributed by atoms with Crippen LogP contribution in [0, 0.1) is 16.7 Å². The van der Waals surface area contributed by atoms with Gasteiger partial charge in [-0.15, -0.1) is 0 Å². The molecule has 154 valence electrons. The van der Waals surface area contributed by atoms with Gasteiger partial charge in [-0.1, -0.05) is 20.4 Å². The fourth-order valence-electron chi connectivity index (χ4n) is 5.77. The fraction of sp³-hybridized carbons (Fsp3) is 0.722. The molecule has 2 bridgehead atoms. The zero-order valence-corrected chi connectivity index (χ0v) is 17.4. The molecule has 0 unspecified atom stereocenters. The molecule has 1 spiro atoms. The molecular formula is C18H26N4O5S. The van der Waals surface area contributed by atoms with Gasteiger partial charge in [0.25, 0.3) is 5.91 Å². The third-order valence-electron chi connectivity index (χ3n) is 7.79. The van der Waals surface area contributed by atoms with Crippen molar-refractivity contribution in [1.29, 1.82) is 0 Å². The molecule has 9 nitrogen and oxygen atoms in total. The van der Waals surface area contributed by atoms with Crippen molar-refractivity contribution >= 4 is 15.9 Å². The van der Waals surface area contributed by atoms with Crippen molar-refractivity contribution in [2.24, 2.45) is 23.8 Å². The monoisotopic (exact) mass is 410 g/mol. The Labute approximate surface area is 163 Å². The zero-order valence-electron chi connectivity index (χ0n) is 16.6. The maximum atomic E-state index is 13.2. The van der Waals surface area contributed by atoms with E-state index in [2.05, 4.69) is 25.5 Å². The topological polar surface area (TPSA) is 114 Å². The lowest BCUT2D eigenvalue weighted by atomic mass is 9.69. The lowest BCUT2D eigenvalue weighted by Gasteiger charge is -2.37. The van der Waals surface area contributed by atoms with E-state index in [9.17, 15) is 22.8 Å². The molecule has 0 radical (unpaired) electrons. The summed E-state index contributed by atoms with van der Waals surface area (Å²) in [6, 6.07) is -1.23. The number of amides is 1. The largest absolute Gasteiger partial charge is 0.347 e. The van der Waals surface area contributed by atoms with Gasteiger partial charge in [-0.3, -0.25) is 4.79 Å². The van der Waals surface area contributed by atoms with E-state index in [1.165, 1.54) is 7.05 Å². The summed E-state index contributed by atoms with van der Waals surface area (Å²) in [4.78, 5) is 37.1. The van der Waals surface area contributed by atoms with Gasteiger partial charge in [0.15, 0.2) is 0 Å². The Morgan fingerprint density at radius 2 is 1.96 bits per heavy atom. The van der Waals surface area contributed by atoms with Gasteiger partial charge in [0.1, 0.15) is 0 Å². The van der Waals surface area contributed by atoms with Crippen LogP contribution in [-0.4, -0.2) is 44.8 Å². The summed E-state index contributed by atoms with van der Waals surface area (Å²) in [5.74, 6) is -0.319. The third-order valence-corrected chi connectivity index (χ3v) is 9.69. The molecule has 4 rings (SSSR count). The van der Waals surface area contributed by atoms with E-state index in [0.29, 0.717) is 12.3 Å². The second kappa shape index (κ2) is 5.49. The zero-order chi connectivity index (χ0) is 20.8. The smallest absolute Gasteiger partial charge is 0.268 e. The van der Waals surface area contributed by atoms with Crippen LogP contribution in [0.4, 0.5) is 0 Å². The fourth-order valence-corrected chi connectivity index (χ4v) is 8.31. The van der Waals surface area contributed by atoms with E-state index < -0.39 is 38.8 Å². The van der Waals surface area contributed by atoms with Crippen molar-refractivity contribution in [2.75, 3.05) is 5.75 Å². The molecule has 4 atom stereocenters. The lowest BCUT2D eigenvalue weighted by Crippen LogP contribution is -2.45. The number of hydrogen-bond acceptors (Lipinski definition) is 5. The van der Waals surface area contributed by atoms with E-state index in [1.807, 2.05) is 0 Å². The van der Waals surface area contributed by atoms with Crippen molar-refractivity contribution in [3.63, 3.8) is 0 Å². The summed E-state index contributed by atoms with van der Waals surface area (Å²) in [5, 5.41) is 2.38. The minimum absolute atomic E-state index is 0.0241. The van der Waals surface area contributed by atoms with Crippen LogP contribution in [-0.2, 0) is 21.9 Å². The summed E-state index contributed by atoms with van der Waals surface area (Å²) in [7, 11) is -2.46. The van der Waals surface area contributed by atoms with Gasteiger partial charge in [0.05, 0.1) is 17.8 Å². The number of hydrogen-bond donors (Lipinski definition) is 1. The number of aromatic amines is 1. The standard InChI is InChI=1S/C18H26N4O5S/c1-10(11(2)21-16(25)20(5)15(24)19-21)14(23)22-13-8-12-6-7-18(13,17(12,3)4)9-28(22,26)27/h11-13H,1,6-9H2,2-5H3,(H,19,24)/t11-,12-,13-,18-/m1/s1. The molecule has 1 aromatic rings. The quantitative estimate of drug-likeness (QED) is 0.723. The van der Waals surface area contributed by atoms with Crippen molar-refractivity contribution in [3.05, 3.63) is 33.1 Å². The maximum absolute atomic E-state index is 13.2. The van der Waals surface area contributed by atoms with Crippen molar-refractivity contribution < 1.29 is 13.2 Å². The highest BCUT2D eigenvalue weighted by molar-refractivity contribution is 7.90. The Morgan fingerprint density at radius 1 is 1.32 bits per heavy atom. The minimum Gasteiger partial charge on any atom is -0.268 e. The summed E-state index contributed by atoms with van der Waals surface area (Å²) in [6.07, 6.45) is 2.45. The lowest BCUT2D eigenvalue weighted by molar-refractivity contribution is -0.125. The van der Waals surface area contributed by atoms with E-state index in [4.69, 9.17) is 0 Å². The summed E-state index contributed by atoms with van der Waals surface area (Å²) < 4.78 is 28.9. The highest BCUT2D eigenvalue weighted by Crippen LogP contribution is 2.70. The average Bonchev–Trinajstić information content (AvgIpc) is 3.19. The van der Waals surface area contributed by atoms with Gasteiger partial charge in [-0.25, -0.2) is 36.7 Å². The summed E-state index contributed by atoms with van der Waals surface area (Å²) in [5.41, 5.74) is -1.83. The SMILES string of the molecule is C=C(C(=O)N1[C@@H]2C[C@H]3CC[C@]2(CS1(=O)=O)C3(C)C)[C@@H](C)n1[nH]c(=O)n(C)c1=O. The minimum atomic E-state index is -3.78. The van der Waals surface area contributed by atoms with Crippen LogP contribution >= 0.6 is 0 Å². The molecule has 10 heteroatoms. The van der Waals surface area contributed by atoms with Crippen LogP contribution in [0.5, 0.6) is 0 Å². The molecule has 0 aromatic carbocycles. The van der Waals surface area contributed by atoms with Crippen molar-refractivity contribution in [3.8, 4) is 0 Å². The van der Waals surface area contributed by atoms with Gasteiger partial charge in [0.2, 0.25) is 10.0 Å². The molecule has 1 amide bonds. The van der Waals surface area contributed by atoms with Crippen molar-refractivity contribution in [1.82, 2.24) is 18.7 Å². The molecule has 1 saturated heterocycles.